The number of para-hydroxylation sites is 2. The summed E-state index contributed by atoms with van der Waals surface area (Å²) >= 11 is 1.88. The lowest BCUT2D eigenvalue weighted by atomic mass is 9.78. The van der Waals surface area contributed by atoms with E-state index in [1.807, 2.05) is 11.3 Å². The Balaban J connectivity index is 1.58. The van der Waals surface area contributed by atoms with Crippen molar-refractivity contribution in [1.82, 2.24) is 4.98 Å². The number of benzene rings is 3. The second kappa shape index (κ2) is 7.44. The van der Waals surface area contributed by atoms with Crippen molar-refractivity contribution in [3.8, 4) is 0 Å². The van der Waals surface area contributed by atoms with Crippen LogP contribution in [0, 0.1) is 5.92 Å². The van der Waals surface area contributed by atoms with Gasteiger partial charge in [-0.05, 0) is 42.2 Å². The average molecular weight is 460 g/mol. The van der Waals surface area contributed by atoms with Crippen LogP contribution >= 0.6 is 11.3 Å². The minimum absolute atomic E-state index is 0.153. The highest BCUT2D eigenvalue weighted by Gasteiger charge is 2.49. The summed E-state index contributed by atoms with van der Waals surface area (Å²) in [5.41, 5.74) is 5.13. The quantitative estimate of drug-likeness (QED) is 0.253. The maximum absolute atomic E-state index is 5.14. The summed E-state index contributed by atoms with van der Waals surface area (Å²) in [6, 6.07) is 28.4. The monoisotopic (exact) mass is 459 g/mol. The van der Waals surface area contributed by atoms with Crippen molar-refractivity contribution in [1.29, 1.82) is 0 Å². The fourth-order valence-corrected chi connectivity index (χ4v) is 7.27. The molecular weight excluding hydrogens is 434 g/mol. The van der Waals surface area contributed by atoms with Gasteiger partial charge in [0.2, 0.25) is 0 Å². The lowest BCUT2D eigenvalue weighted by molar-refractivity contribution is 0.369. The van der Waals surface area contributed by atoms with Gasteiger partial charge in [0.1, 0.15) is 11.9 Å². The molecule has 0 fully saturated rings. The van der Waals surface area contributed by atoms with E-state index in [9.17, 15) is 0 Å². The van der Waals surface area contributed by atoms with E-state index in [1.165, 1.54) is 42.8 Å². The summed E-state index contributed by atoms with van der Waals surface area (Å²) in [5.74, 6) is 1.84. The molecule has 3 nitrogen and oxygen atoms in total. The molecule has 2 aliphatic rings. The molecule has 2 aromatic heterocycles. The van der Waals surface area contributed by atoms with Crippen molar-refractivity contribution >= 4 is 54.4 Å². The van der Waals surface area contributed by atoms with Gasteiger partial charge in [-0.1, -0.05) is 67.6 Å². The summed E-state index contributed by atoms with van der Waals surface area (Å²) in [6.07, 6.45) is 5.28. The third kappa shape index (κ3) is 2.60. The van der Waals surface area contributed by atoms with Crippen molar-refractivity contribution in [2.24, 2.45) is 5.92 Å². The number of allylic oxidation sites excluding steroid dienone is 1. The van der Waals surface area contributed by atoms with Gasteiger partial charge in [-0.3, -0.25) is 0 Å². The fourth-order valence-electron chi connectivity index (χ4n) is 6.05. The lowest BCUT2D eigenvalue weighted by Gasteiger charge is -2.45. The van der Waals surface area contributed by atoms with Crippen LogP contribution in [-0.2, 0) is 0 Å². The Morgan fingerprint density at radius 1 is 0.912 bits per heavy atom. The molecule has 0 N–H and O–H groups in total. The Morgan fingerprint density at radius 3 is 2.53 bits per heavy atom. The summed E-state index contributed by atoms with van der Waals surface area (Å²) in [6.45, 7) is 6.49. The van der Waals surface area contributed by atoms with E-state index in [0.29, 0.717) is 11.8 Å². The van der Waals surface area contributed by atoms with Gasteiger partial charge in [0.05, 0.1) is 4.70 Å². The Labute approximate surface area is 203 Å². The van der Waals surface area contributed by atoms with Crippen LogP contribution in [0.5, 0.6) is 0 Å². The third-order valence-corrected chi connectivity index (χ3v) is 8.72. The molecule has 166 valence electrons. The second-order valence-electron chi connectivity index (χ2n) is 9.31. The molecule has 0 amide bonds. The van der Waals surface area contributed by atoms with Gasteiger partial charge in [-0.2, -0.15) is 0 Å². The van der Waals surface area contributed by atoms with E-state index in [0.717, 1.165) is 12.2 Å². The predicted molar refractivity (Wildman–Crippen MR) is 145 cm³/mol. The molecule has 0 saturated heterocycles. The van der Waals surface area contributed by atoms with Gasteiger partial charge in [-0.25, -0.2) is 4.98 Å². The average Bonchev–Trinajstić information content (AvgIpc) is 3.43. The van der Waals surface area contributed by atoms with Gasteiger partial charge in [0.25, 0.3) is 0 Å². The molecule has 2 aliphatic heterocycles. The first kappa shape index (κ1) is 19.8. The number of anilines is 4. The highest BCUT2D eigenvalue weighted by atomic mass is 32.1. The highest BCUT2D eigenvalue weighted by Crippen LogP contribution is 2.59. The molecule has 4 heteroatoms. The number of hydrogen-bond acceptors (Lipinski definition) is 4. The van der Waals surface area contributed by atoms with Gasteiger partial charge in [0.15, 0.2) is 5.82 Å². The number of thiophene rings is 1. The first-order valence-corrected chi connectivity index (χ1v) is 12.7. The van der Waals surface area contributed by atoms with Crippen LogP contribution in [0.4, 0.5) is 22.9 Å². The van der Waals surface area contributed by atoms with Crippen molar-refractivity contribution in [2.75, 3.05) is 9.80 Å². The zero-order valence-corrected chi connectivity index (χ0v) is 19.9. The molecule has 5 aromatic rings. The number of pyridine rings is 1. The van der Waals surface area contributed by atoms with E-state index < -0.39 is 0 Å². The molecular formula is C30H25N3S. The smallest absolute Gasteiger partial charge is 0.160 e. The normalized spacial score (nSPS) is 20.9. The zero-order chi connectivity index (χ0) is 22.8. The maximum atomic E-state index is 5.14. The number of nitrogens with zero attached hydrogens (tertiary/aromatic N) is 3. The highest BCUT2D eigenvalue weighted by molar-refractivity contribution is 7.26. The summed E-state index contributed by atoms with van der Waals surface area (Å²) < 4.78 is 2.63. The summed E-state index contributed by atoms with van der Waals surface area (Å²) in [4.78, 5) is 10.2. The van der Waals surface area contributed by atoms with Crippen molar-refractivity contribution in [2.45, 2.75) is 25.4 Å². The molecule has 0 bridgehead atoms. The van der Waals surface area contributed by atoms with Crippen molar-refractivity contribution in [3.63, 3.8) is 0 Å². The summed E-state index contributed by atoms with van der Waals surface area (Å²) in [5, 5.41) is 2.53. The van der Waals surface area contributed by atoms with Gasteiger partial charge in [0, 0.05) is 39.0 Å². The van der Waals surface area contributed by atoms with Crippen LogP contribution in [0.25, 0.3) is 20.2 Å². The molecule has 3 aromatic carbocycles. The van der Waals surface area contributed by atoms with E-state index in [4.69, 9.17) is 4.98 Å². The topological polar surface area (TPSA) is 19.4 Å². The number of fused-ring (bicyclic) bond motifs is 9. The third-order valence-electron chi connectivity index (χ3n) is 7.53. The van der Waals surface area contributed by atoms with Gasteiger partial charge < -0.3 is 9.80 Å². The van der Waals surface area contributed by atoms with E-state index in [-0.39, 0.29) is 6.17 Å². The van der Waals surface area contributed by atoms with E-state index in [1.54, 1.807) is 0 Å². The van der Waals surface area contributed by atoms with E-state index >= 15 is 0 Å². The molecule has 0 spiro atoms. The number of aromatic nitrogens is 1. The standard InChI is InChI=1S/C30H25N3S/c1-3-11-21-19(2)30-32(20-12-5-4-6-13-20)29-27(33(30)25-16-9-7-14-22(21)25)28-24(18-31-29)23-15-8-10-17-26(23)34-28/h3-10,12-19,21,30H,1,11H2,2H3. The molecule has 0 radical (unpaired) electrons. The van der Waals surface area contributed by atoms with Crippen LogP contribution in [-0.4, -0.2) is 11.1 Å². The van der Waals surface area contributed by atoms with Crippen molar-refractivity contribution < 1.29 is 0 Å². The van der Waals surface area contributed by atoms with Crippen LogP contribution < -0.4 is 9.80 Å². The molecule has 3 atom stereocenters. The van der Waals surface area contributed by atoms with Crippen molar-refractivity contribution in [3.05, 3.63) is 103 Å². The Morgan fingerprint density at radius 2 is 1.68 bits per heavy atom. The minimum atomic E-state index is 0.153. The number of hydrogen-bond donors (Lipinski definition) is 0. The lowest BCUT2D eigenvalue weighted by Crippen LogP contribution is -2.48. The van der Waals surface area contributed by atoms with Crippen LogP contribution in [0.1, 0.15) is 24.8 Å². The largest absolute Gasteiger partial charge is 0.315 e. The Kier molecular flexibility index (Phi) is 4.33. The minimum Gasteiger partial charge on any atom is -0.315 e. The Hall–Kier alpha value is -3.63. The van der Waals surface area contributed by atoms with Gasteiger partial charge in [-0.15, -0.1) is 17.9 Å². The molecule has 4 heterocycles. The molecule has 34 heavy (non-hydrogen) atoms. The first-order chi connectivity index (χ1) is 16.8. The second-order valence-corrected chi connectivity index (χ2v) is 10.4. The number of rotatable bonds is 3. The molecule has 3 unspecified atom stereocenters. The van der Waals surface area contributed by atoms with Crippen LogP contribution in [0.3, 0.4) is 0 Å². The van der Waals surface area contributed by atoms with Gasteiger partial charge >= 0.3 is 0 Å². The summed E-state index contributed by atoms with van der Waals surface area (Å²) in [7, 11) is 0. The predicted octanol–water partition coefficient (Wildman–Crippen LogP) is 8.37. The fraction of sp³-hybridized carbons (Fsp3) is 0.167. The Bertz CT molecular complexity index is 1550. The molecule has 0 aliphatic carbocycles. The van der Waals surface area contributed by atoms with E-state index in [2.05, 4.69) is 114 Å². The zero-order valence-electron chi connectivity index (χ0n) is 19.1. The maximum Gasteiger partial charge on any atom is 0.160 e. The SMILES string of the molecule is C=CCC1c2ccccc2N2c3c(ncc4c3sc3ccccc34)N(c3ccccc3)C2C1C. The molecule has 0 saturated carbocycles. The molecule has 7 rings (SSSR count). The van der Waals surface area contributed by atoms with Crippen LogP contribution in [0.15, 0.2) is 97.7 Å². The first-order valence-electron chi connectivity index (χ1n) is 11.9. The van der Waals surface area contributed by atoms with Crippen LogP contribution in [0.2, 0.25) is 0 Å².